The number of fused-ring (bicyclic) bond motifs is 1. The molecular formula is C15H15BrN4. The Morgan fingerprint density at radius 3 is 2.75 bits per heavy atom. The Kier molecular flexibility index (Phi) is 3.69. The molecule has 0 aliphatic rings. The van der Waals surface area contributed by atoms with Crippen LogP contribution in [0.1, 0.15) is 18.1 Å². The molecule has 0 saturated heterocycles. The lowest BCUT2D eigenvalue weighted by atomic mass is 10.1. The fourth-order valence-corrected chi connectivity index (χ4v) is 2.51. The molecule has 3 rings (SSSR count). The van der Waals surface area contributed by atoms with Crippen LogP contribution in [0.5, 0.6) is 0 Å². The van der Waals surface area contributed by atoms with Gasteiger partial charge in [-0.15, -0.1) is 5.10 Å². The molecule has 0 saturated carbocycles. The molecule has 0 spiro atoms. The number of hydrogen-bond acceptors (Lipinski definition) is 3. The average Bonchev–Trinajstić information content (AvgIpc) is 2.87. The van der Waals surface area contributed by atoms with Crippen molar-refractivity contribution in [2.24, 2.45) is 0 Å². The largest absolute Gasteiger partial charge is 0.349 e. The molecule has 0 radical (unpaired) electrons. The summed E-state index contributed by atoms with van der Waals surface area (Å²) in [4.78, 5) is 4.44. The van der Waals surface area contributed by atoms with Crippen molar-refractivity contribution >= 4 is 27.5 Å². The number of aromatic nitrogens is 3. The zero-order chi connectivity index (χ0) is 13.9. The van der Waals surface area contributed by atoms with Crippen LogP contribution in [0.25, 0.3) is 5.65 Å². The molecule has 102 valence electrons. The van der Waals surface area contributed by atoms with Crippen LogP contribution < -0.4 is 5.32 Å². The monoisotopic (exact) mass is 330 g/mol. The molecule has 0 bridgehead atoms. The zero-order valence-corrected chi connectivity index (χ0v) is 12.8. The maximum absolute atomic E-state index is 4.44. The number of nitrogens with one attached hydrogen (secondary N) is 1. The summed E-state index contributed by atoms with van der Waals surface area (Å²) in [6, 6.07) is 12.3. The summed E-state index contributed by atoms with van der Waals surface area (Å²) in [5, 5.41) is 7.69. The minimum absolute atomic E-state index is 0.647. The van der Waals surface area contributed by atoms with Crippen molar-refractivity contribution in [1.29, 1.82) is 0 Å². The minimum Gasteiger partial charge on any atom is -0.349 e. The van der Waals surface area contributed by atoms with Crippen LogP contribution in [-0.4, -0.2) is 14.6 Å². The van der Waals surface area contributed by atoms with Gasteiger partial charge < -0.3 is 5.32 Å². The van der Waals surface area contributed by atoms with Crippen molar-refractivity contribution < 1.29 is 0 Å². The van der Waals surface area contributed by atoms with E-state index in [0.29, 0.717) is 5.95 Å². The molecule has 20 heavy (non-hydrogen) atoms. The van der Waals surface area contributed by atoms with Gasteiger partial charge >= 0.3 is 0 Å². The molecule has 0 amide bonds. The van der Waals surface area contributed by atoms with Crippen LogP contribution in [0, 0.1) is 0 Å². The van der Waals surface area contributed by atoms with Gasteiger partial charge in [-0.05, 0) is 45.6 Å². The molecule has 3 aromatic rings. The Balaban J connectivity index is 1.79. The van der Waals surface area contributed by atoms with Gasteiger partial charge in [0.25, 0.3) is 0 Å². The number of halogens is 1. The highest BCUT2D eigenvalue weighted by molar-refractivity contribution is 9.10. The lowest BCUT2D eigenvalue weighted by Crippen LogP contribution is -2.03. The van der Waals surface area contributed by atoms with E-state index in [1.165, 1.54) is 11.1 Å². The van der Waals surface area contributed by atoms with Gasteiger partial charge in [0.2, 0.25) is 5.95 Å². The van der Waals surface area contributed by atoms with E-state index >= 15 is 0 Å². The lowest BCUT2D eigenvalue weighted by molar-refractivity contribution is 0.942. The van der Waals surface area contributed by atoms with Crippen molar-refractivity contribution in [3.05, 3.63) is 58.2 Å². The highest BCUT2D eigenvalue weighted by atomic mass is 79.9. The van der Waals surface area contributed by atoms with E-state index in [1.807, 2.05) is 18.3 Å². The van der Waals surface area contributed by atoms with E-state index < -0.39 is 0 Å². The van der Waals surface area contributed by atoms with Crippen molar-refractivity contribution in [3.8, 4) is 0 Å². The van der Waals surface area contributed by atoms with Gasteiger partial charge in [-0.2, -0.15) is 4.98 Å². The third kappa shape index (κ3) is 2.67. The molecule has 2 heterocycles. The summed E-state index contributed by atoms with van der Waals surface area (Å²) in [6.45, 7) is 2.90. The van der Waals surface area contributed by atoms with Crippen molar-refractivity contribution in [1.82, 2.24) is 14.6 Å². The topological polar surface area (TPSA) is 42.2 Å². The first-order valence-corrected chi connectivity index (χ1v) is 7.38. The van der Waals surface area contributed by atoms with Crippen LogP contribution in [0.3, 0.4) is 0 Å². The summed E-state index contributed by atoms with van der Waals surface area (Å²) in [7, 11) is 0. The number of nitrogens with zero attached hydrogens (tertiary/aromatic N) is 3. The second-order valence-corrected chi connectivity index (χ2v) is 5.48. The number of benzene rings is 1. The standard InChI is InChI=1S/C15H15BrN4/c1-2-11-5-3-4-6-12(11)9-17-15-18-14-8-7-13(16)10-20(14)19-15/h3-8,10H,2,9H2,1H3,(H,17,19). The van der Waals surface area contributed by atoms with E-state index in [-0.39, 0.29) is 0 Å². The summed E-state index contributed by atoms with van der Waals surface area (Å²) in [5.41, 5.74) is 3.47. The first-order chi connectivity index (χ1) is 9.76. The molecule has 0 aliphatic heterocycles. The number of pyridine rings is 1. The highest BCUT2D eigenvalue weighted by Gasteiger charge is 2.05. The highest BCUT2D eigenvalue weighted by Crippen LogP contribution is 2.14. The summed E-state index contributed by atoms with van der Waals surface area (Å²) >= 11 is 3.43. The molecule has 0 atom stereocenters. The van der Waals surface area contributed by atoms with Gasteiger partial charge in [0.05, 0.1) is 0 Å². The maximum Gasteiger partial charge on any atom is 0.243 e. The quantitative estimate of drug-likeness (QED) is 0.793. The van der Waals surface area contributed by atoms with Gasteiger partial charge in [0.1, 0.15) is 0 Å². The van der Waals surface area contributed by atoms with E-state index in [4.69, 9.17) is 0 Å². The molecular weight excluding hydrogens is 316 g/mol. The average molecular weight is 331 g/mol. The number of rotatable bonds is 4. The molecule has 1 N–H and O–H groups in total. The number of anilines is 1. The molecule has 1 aromatic carbocycles. The molecule has 4 nitrogen and oxygen atoms in total. The van der Waals surface area contributed by atoms with E-state index in [0.717, 1.165) is 23.1 Å². The van der Waals surface area contributed by atoms with Crippen LogP contribution >= 0.6 is 15.9 Å². The third-order valence-electron chi connectivity index (χ3n) is 3.23. The minimum atomic E-state index is 0.647. The summed E-state index contributed by atoms with van der Waals surface area (Å²) < 4.78 is 2.75. The predicted molar refractivity (Wildman–Crippen MR) is 83.8 cm³/mol. The zero-order valence-electron chi connectivity index (χ0n) is 11.2. The van der Waals surface area contributed by atoms with Gasteiger partial charge in [-0.1, -0.05) is 31.2 Å². The summed E-state index contributed by atoms with van der Waals surface area (Å²) in [6.07, 6.45) is 2.93. The lowest BCUT2D eigenvalue weighted by Gasteiger charge is -2.07. The van der Waals surface area contributed by atoms with Crippen molar-refractivity contribution in [2.75, 3.05) is 5.32 Å². The molecule has 2 aromatic heterocycles. The van der Waals surface area contributed by atoms with E-state index in [9.17, 15) is 0 Å². The predicted octanol–water partition coefficient (Wildman–Crippen LogP) is 3.67. The SMILES string of the molecule is CCc1ccccc1CNc1nc2ccc(Br)cn2n1. The first-order valence-electron chi connectivity index (χ1n) is 6.59. The molecule has 5 heteroatoms. The van der Waals surface area contributed by atoms with Crippen LogP contribution in [-0.2, 0) is 13.0 Å². The molecule has 0 aliphatic carbocycles. The van der Waals surface area contributed by atoms with Crippen LogP contribution in [0.15, 0.2) is 47.1 Å². The fraction of sp³-hybridized carbons (Fsp3) is 0.200. The Labute approximate surface area is 126 Å². The van der Waals surface area contributed by atoms with Crippen LogP contribution in [0.4, 0.5) is 5.95 Å². The van der Waals surface area contributed by atoms with Crippen LogP contribution in [0.2, 0.25) is 0 Å². The first kappa shape index (κ1) is 13.1. The summed E-state index contributed by atoms with van der Waals surface area (Å²) in [5.74, 6) is 0.647. The van der Waals surface area contributed by atoms with E-state index in [1.54, 1.807) is 4.52 Å². The molecule has 0 fully saturated rings. The Morgan fingerprint density at radius 2 is 1.95 bits per heavy atom. The van der Waals surface area contributed by atoms with Gasteiger partial charge in [0, 0.05) is 17.2 Å². The fourth-order valence-electron chi connectivity index (χ4n) is 2.18. The third-order valence-corrected chi connectivity index (χ3v) is 3.70. The Morgan fingerprint density at radius 1 is 1.15 bits per heavy atom. The van der Waals surface area contributed by atoms with Gasteiger partial charge in [-0.25, -0.2) is 4.52 Å². The van der Waals surface area contributed by atoms with Crippen molar-refractivity contribution in [2.45, 2.75) is 19.9 Å². The van der Waals surface area contributed by atoms with Gasteiger partial charge in [0.15, 0.2) is 5.65 Å². The Hall–Kier alpha value is -1.88. The van der Waals surface area contributed by atoms with Gasteiger partial charge in [-0.3, -0.25) is 0 Å². The Bertz CT molecular complexity index is 736. The smallest absolute Gasteiger partial charge is 0.243 e. The normalized spacial score (nSPS) is 10.9. The maximum atomic E-state index is 4.44. The number of hydrogen-bond donors (Lipinski definition) is 1. The van der Waals surface area contributed by atoms with E-state index in [2.05, 4.69) is 62.5 Å². The number of aryl methyl sites for hydroxylation is 1. The molecule has 0 unspecified atom stereocenters. The van der Waals surface area contributed by atoms with Crippen molar-refractivity contribution in [3.63, 3.8) is 0 Å². The second-order valence-electron chi connectivity index (χ2n) is 4.56. The second kappa shape index (κ2) is 5.63.